The molecular weight excluding hydrogens is 274 g/mol. The molecule has 1 aromatic carbocycles. The molecule has 0 aliphatic heterocycles. The number of carboxylic acid groups (broad SMARTS) is 1. The van der Waals surface area contributed by atoms with Crippen molar-refractivity contribution in [2.45, 2.75) is 65.3 Å². The number of aliphatic carboxylic acids is 1. The van der Waals surface area contributed by atoms with Crippen LogP contribution in [0.4, 0.5) is 0 Å². The first kappa shape index (κ1) is 17.0. The van der Waals surface area contributed by atoms with Gasteiger partial charge in [0, 0.05) is 12.5 Å². The molecule has 3 heteroatoms. The van der Waals surface area contributed by atoms with Crippen LogP contribution in [0.2, 0.25) is 0 Å². The fraction of sp³-hybridized carbons (Fsp3) is 0.632. The summed E-state index contributed by atoms with van der Waals surface area (Å²) < 4.78 is 0. The Morgan fingerprint density at radius 3 is 2.59 bits per heavy atom. The Morgan fingerprint density at radius 2 is 1.95 bits per heavy atom. The molecule has 0 bridgehead atoms. The van der Waals surface area contributed by atoms with E-state index in [1.807, 2.05) is 0 Å². The standard InChI is InChI=1S/C19H29NO2/c1-19(2,3)16(9-10-18(21)22)12-17(20)15-8-7-13-5-4-6-14(13)11-15/h7-8,11,16-17H,4-6,9-10,12,20H2,1-3H3,(H,21,22)/t16?,17-/m1/s1. The highest BCUT2D eigenvalue weighted by Gasteiger charge is 2.27. The molecule has 0 saturated heterocycles. The molecule has 0 spiro atoms. The maximum absolute atomic E-state index is 10.9. The average Bonchev–Trinajstić information content (AvgIpc) is 2.88. The monoisotopic (exact) mass is 303 g/mol. The molecule has 0 saturated carbocycles. The van der Waals surface area contributed by atoms with E-state index < -0.39 is 5.97 Å². The molecule has 3 nitrogen and oxygen atoms in total. The Kier molecular flexibility index (Phi) is 5.28. The summed E-state index contributed by atoms with van der Waals surface area (Å²) in [6.07, 6.45) is 5.36. The predicted octanol–water partition coefficient (Wildman–Crippen LogP) is 4.09. The molecule has 122 valence electrons. The van der Waals surface area contributed by atoms with Crippen molar-refractivity contribution in [1.29, 1.82) is 0 Å². The predicted molar refractivity (Wildman–Crippen MR) is 89.8 cm³/mol. The fourth-order valence-corrected chi connectivity index (χ4v) is 3.47. The smallest absolute Gasteiger partial charge is 0.303 e. The second-order valence-corrected chi connectivity index (χ2v) is 7.72. The van der Waals surface area contributed by atoms with Crippen molar-refractivity contribution >= 4 is 5.97 Å². The normalized spacial score (nSPS) is 17.1. The van der Waals surface area contributed by atoms with E-state index in [1.54, 1.807) is 0 Å². The number of fused-ring (bicyclic) bond motifs is 1. The van der Waals surface area contributed by atoms with Crippen LogP contribution in [0.15, 0.2) is 18.2 Å². The lowest BCUT2D eigenvalue weighted by atomic mass is 9.74. The maximum Gasteiger partial charge on any atom is 0.303 e. The minimum absolute atomic E-state index is 0.0103. The zero-order chi connectivity index (χ0) is 16.3. The third kappa shape index (κ3) is 4.33. The summed E-state index contributed by atoms with van der Waals surface area (Å²) in [6.45, 7) is 6.53. The molecule has 1 aromatic rings. The molecule has 0 radical (unpaired) electrons. The van der Waals surface area contributed by atoms with Crippen molar-refractivity contribution < 1.29 is 9.90 Å². The lowest BCUT2D eigenvalue weighted by molar-refractivity contribution is -0.137. The number of carbonyl (C=O) groups is 1. The summed E-state index contributed by atoms with van der Waals surface area (Å²) >= 11 is 0. The van der Waals surface area contributed by atoms with Crippen LogP contribution < -0.4 is 5.73 Å². The van der Waals surface area contributed by atoms with Gasteiger partial charge in [0.05, 0.1) is 0 Å². The highest BCUT2D eigenvalue weighted by Crippen LogP contribution is 2.36. The zero-order valence-electron chi connectivity index (χ0n) is 14.1. The van der Waals surface area contributed by atoms with Gasteiger partial charge in [-0.25, -0.2) is 0 Å². The fourth-order valence-electron chi connectivity index (χ4n) is 3.47. The second kappa shape index (κ2) is 6.82. The number of benzene rings is 1. The zero-order valence-corrected chi connectivity index (χ0v) is 14.1. The van der Waals surface area contributed by atoms with Gasteiger partial charge in [-0.1, -0.05) is 39.0 Å². The molecule has 0 amide bonds. The number of hydrogen-bond donors (Lipinski definition) is 2. The summed E-state index contributed by atoms with van der Waals surface area (Å²) in [5.41, 5.74) is 10.6. The van der Waals surface area contributed by atoms with Crippen molar-refractivity contribution in [1.82, 2.24) is 0 Å². The third-order valence-corrected chi connectivity index (χ3v) is 5.02. The Labute approximate surface area is 133 Å². The Balaban J connectivity index is 2.06. The van der Waals surface area contributed by atoms with E-state index >= 15 is 0 Å². The van der Waals surface area contributed by atoms with Crippen molar-refractivity contribution in [3.63, 3.8) is 0 Å². The van der Waals surface area contributed by atoms with E-state index in [4.69, 9.17) is 10.8 Å². The Hall–Kier alpha value is -1.35. The molecule has 1 aliphatic rings. The second-order valence-electron chi connectivity index (χ2n) is 7.72. The lowest BCUT2D eigenvalue weighted by Gasteiger charge is -2.32. The average molecular weight is 303 g/mol. The maximum atomic E-state index is 10.9. The number of aryl methyl sites for hydroxylation is 2. The quantitative estimate of drug-likeness (QED) is 0.832. The van der Waals surface area contributed by atoms with E-state index in [0.717, 1.165) is 12.8 Å². The van der Waals surface area contributed by atoms with Gasteiger partial charge < -0.3 is 10.8 Å². The topological polar surface area (TPSA) is 63.3 Å². The summed E-state index contributed by atoms with van der Waals surface area (Å²) in [6, 6.07) is 6.64. The first-order valence-electron chi connectivity index (χ1n) is 8.36. The molecule has 2 rings (SSSR count). The van der Waals surface area contributed by atoms with E-state index in [0.29, 0.717) is 12.3 Å². The van der Waals surface area contributed by atoms with Crippen LogP contribution in [0.5, 0.6) is 0 Å². The van der Waals surface area contributed by atoms with Crippen LogP contribution in [-0.2, 0) is 17.6 Å². The van der Waals surface area contributed by atoms with Gasteiger partial charge >= 0.3 is 5.97 Å². The van der Waals surface area contributed by atoms with Gasteiger partial charge in [0.15, 0.2) is 0 Å². The molecule has 3 N–H and O–H groups in total. The Bertz CT molecular complexity index is 531. The van der Waals surface area contributed by atoms with Crippen molar-refractivity contribution in [2.24, 2.45) is 17.1 Å². The highest BCUT2D eigenvalue weighted by atomic mass is 16.4. The van der Waals surface area contributed by atoms with Gasteiger partial charge in [0.25, 0.3) is 0 Å². The number of carboxylic acids is 1. The van der Waals surface area contributed by atoms with E-state index in [9.17, 15) is 4.79 Å². The summed E-state index contributed by atoms with van der Waals surface area (Å²) in [7, 11) is 0. The van der Waals surface area contributed by atoms with Gasteiger partial charge in [-0.15, -0.1) is 0 Å². The third-order valence-electron chi connectivity index (χ3n) is 5.02. The first-order chi connectivity index (χ1) is 10.3. The summed E-state index contributed by atoms with van der Waals surface area (Å²) in [5, 5.41) is 8.95. The van der Waals surface area contributed by atoms with Crippen molar-refractivity contribution in [3.8, 4) is 0 Å². The summed E-state index contributed by atoms with van der Waals surface area (Å²) in [4.78, 5) is 10.9. The van der Waals surface area contributed by atoms with E-state index in [2.05, 4.69) is 39.0 Å². The van der Waals surface area contributed by atoms with Crippen LogP contribution in [0.3, 0.4) is 0 Å². The number of hydrogen-bond acceptors (Lipinski definition) is 2. The van der Waals surface area contributed by atoms with Gasteiger partial charge in [-0.3, -0.25) is 4.79 Å². The molecule has 22 heavy (non-hydrogen) atoms. The number of rotatable bonds is 6. The Morgan fingerprint density at radius 1 is 1.27 bits per heavy atom. The first-order valence-corrected chi connectivity index (χ1v) is 8.36. The van der Waals surface area contributed by atoms with E-state index in [-0.39, 0.29) is 17.9 Å². The SMILES string of the molecule is CC(C)(C)C(CCC(=O)O)C[C@@H](N)c1ccc2c(c1)CCC2. The minimum Gasteiger partial charge on any atom is -0.481 e. The van der Waals surface area contributed by atoms with Crippen molar-refractivity contribution in [2.75, 3.05) is 0 Å². The van der Waals surface area contributed by atoms with Crippen LogP contribution in [-0.4, -0.2) is 11.1 Å². The molecule has 1 unspecified atom stereocenters. The molecule has 1 aliphatic carbocycles. The molecule has 0 aromatic heterocycles. The van der Waals surface area contributed by atoms with Gasteiger partial charge in [0.2, 0.25) is 0 Å². The van der Waals surface area contributed by atoms with E-state index in [1.165, 1.54) is 29.5 Å². The van der Waals surface area contributed by atoms with Crippen molar-refractivity contribution in [3.05, 3.63) is 34.9 Å². The van der Waals surface area contributed by atoms with Crippen LogP contribution in [0.1, 0.15) is 69.2 Å². The van der Waals surface area contributed by atoms with Crippen LogP contribution in [0.25, 0.3) is 0 Å². The molecular formula is C19H29NO2. The lowest BCUT2D eigenvalue weighted by Crippen LogP contribution is -2.26. The molecule has 2 atom stereocenters. The minimum atomic E-state index is -0.722. The largest absolute Gasteiger partial charge is 0.481 e. The van der Waals surface area contributed by atoms with Crippen LogP contribution in [0, 0.1) is 11.3 Å². The highest BCUT2D eigenvalue weighted by molar-refractivity contribution is 5.66. The molecule has 0 heterocycles. The van der Waals surface area contributed by atoms with Crippen LogP contribution >= 0.6 is 0 Å². The van der Waals surface area contributed by atoms with Gasteiger partial charge in [0.1, 0.15) is 0 Å². The molecule has 0 fully saturated rings. The van der Waals surface area contributed by atoms with Gasteiger partial charge in [-0.05, 0) is 60.1 Å². The van der Waals surface area contributed by atoms with Gasteiger partial charge in [-0.2, -0.15) is 0 Å². The summed E-state index contributed by atoms with van der Waals surface area (Å²) in [5.74, 6) is -0.410. The number of nitrogens with two attached hydrogens (primary N) is 1.